The molecule has 3 rings (SSSR count). The Kier molecular flexibility index (Phi) is 1.86. The summed E-state index contributed by atoms with van der Waals surface area (Å²) in [5, 5.41) is 10.1. The van der Waals surface area contributed by atoms with Crippen LogP contribution >= 0.6 is 0 Å². The van der Waals surface area contributed by atoms with Gasteiger partial charge in [-0.2, -0.15) is 0 Å². The van der Waals surface area contributed by atoms with E-state index in [4.69, 9.17) is 5.11 Å². The van der Waals surface area contributed by atoms with Crippen LogP contribution in [0.5, 0.6) is 0 Å². The number of fused-ring (bicyclic) bond motifs is 3. The van der Waals surface area contributed by atoms with E-state index in [1.807, 2.05) is 24.3 Å². The van der Waals surface area contributed by atoms with Crippen molar-refractivity contribution < 1.29 is 9.90 Å². The molecule has 1 heterocycles. The van der Waals surface area contributed by atoms with E-state index in [9.17, 15) is 4.79 Å². The Hall–Kier alpha value is -2.03. The average Bonchev–Trinajstić information content (AvgIpc) is 2.66. The molecule has 1 aromatic carbocycles. The molecule has 16 heavy (non-hydrogen) atoms. The van der Waals surface area contributed by atoms with Gasteiger partial charge in [0.15, 0.2) is 0 Å². The van der Waals surface area contributed by atoms with Gasteiger partial charge in [0, 0.05) is 27.7 Å². The second-order valence-corrected chi connectivity index (χ2v) is 4.04. The summed E-state index contributed by atoms with van der Waals surface area (Å²) in [7, 11) is 0. The number of nitrogens with one attached hydrogen (secondary N) is 1. The highest BCUT2D eigenvalue weighted by Gasteiger charge is 2.18. The van der Waals surface area contributed by atoms with E-state index in [2.05, 4.69) is 4.98 Å². The summed E-state index contributed by atoms with van der Waals surface area (Å²) in [5.41, 5.74) is 3.76. The minimum atomic E-state index is -0.809. The Labute approximate surface area is 92.4 Å². The van der Waals surface area contributed by atoms with Crippen molar-refractivity contribution in [1.29, 1.82) is 0 Å². The van der Waals surface area contributed by atoms with E-state index in [1.165, 1.54) is 0 Å². The second-order valence-electron chi connectivity index (χ2n) is 4.04. The van der Waals surface area contributed by atoms with Crippen LogP contribution in [0.25, 0.3) is 17.0 Å². The second kappa shape index (κ2) is 3.23. The third-order valence-corrected chi connectivity index (χ3v) is 3.07. The first-order chi connectivity index (χ1) is 7.75. The molecule has 0 saturated carbocycles. The molecule has 0 spiro atoms. The maximum Gasteiger partial charge on any atom is 0.331 e. The van der Waals surface area contributed by atoms with Gasteiger partial charge in [-0.15, -0.1) is 0 Å². The fraction of sp³-hybridized carbons (Fsp3) is 0.154. The van der Waals surface area contributed by atoms with Crippen molar-refractivity contribution in [2.24, 2.45) is 0 Å². The first-order valence-corrected chi connectivity index (χ1v) is 5.29. The summed E-state index contributed by atoms with van der Waals surface area (Å²) in [6, 6.07) is 7.99. The van der Waals surface area contributed by atoms with Gasteiger partial charge in [0.05, 0.1) is 0 Å². The molecule has 0 radical (unpaired) electrons. The third kappa shape index (κ3) is 1.25. The van der Waals surface area contributed by atoms with E-state index in [1.54, 1.807) is 6.08 Å². The fourth-order valence-electron chi connectivity index (χ4n) is 2.26. The van der Waals surface area contributed by atoms with Crippen LogP contribution in [0.1, 0.15) is 17.7 Å². The molecule has 1 aliphatic carbocycles. The first kappa shape index (κ1) is 9.21. The van der Waals surface area contributed by atoms with Crippen molar-refractivity contribution in [3.05, 3.63) is 41.1 Å². The highest BCUT2D eigenvalue weighted by molar-refractivity contribution is 5.99. The Morgan fingerprint density at radius 1 is 1.25 bits per heavy atom. The minimum Gasteiger partial charge on any atom is -0.478 e. The van der Waals surface area contributed by atoms with Crippen LogP contribution in [0.2, 0.25) is 0 Å². The Balaban J connectivity index is 2.26. The zero-order chi connectivity index (χ0) is 11.1. The third-order valence-electron chi connectivity index (χ3n) is 3.07. The van der Waals surface area contributed by atoms with Crippen LogP contribution in [0.3, 0.4) is 0 Å². The van der Waals surface area contributed by atoms with E-state index in [0.29, 0.717) is 12.0 Å². The predicted octanol–water partition coefficient (Wildman–Crippen LogP) is 2.58. The summed E-state index contributed by atoms with van der Waals surface area (Å²) in [4.78, 5) is 14.3. The van der Waals surface area contributed by atoms with E-state index in [-0.39, 0.29) is 0 Å². The number of aryl methyl sites for hydroxylation is 1. The van der Waals surface area contributed by atoms with Crippen molar-refractivity contribution in [2.75, 3.05) is 0 Å². The molecular weight excluding hydrogens is 202 g/mol. The summed E-state index contributed by atoms with van der Waals surface area (Å²) in [5.74, 6) is -0.809. The van der Waals surface area contributed by atoms with Crippen LogP contribution < -0.4 is 0 Å². The van der Waals surface area contributed by atoms with Crippen molar-refractivity contribution in [2.45, 2.75) is 12.8 Å². The van der Waals surface area contributed by atoms with Crippen molar-refractivity contribution in [1.82, 2.24) is 4.98 Å². The lowest BCUT2D eigenvalue weighted by atomic mass is 9.96. The summed E-state index contributed by atoms with van der Waals surface area (Å²) < 4.78 is 0. The lowest BCUT2D eigenvalue weighted by Gasteiger charge is -2.09. The molecule has 1 aromatic heterocycles. The Morgan fingerprint density at radius 2 is 2.06 bits per heavy atom. The molecule has 1 aliphatic rings. The van der Waals surface area contributed by atoms with E-state index in [0.717, 1.165) is 28.6 Å². The van der Waals surface area contributed by atoms with Crippen LogP contribution in [0.15, 0.2) is 29.8 Å². The molecule has 2 N–H and O–H groups in total. The molecule has 2 aromatic rings. The van der Waals surface area contributed by atoms with Gasteiger partial charge in [0.25, 0.3) is 0 Å². The van der Waals surface area contributed by atoms with Crippen LogP contribution in [0, 0.1) is 0 Å². The number of hydrogen-bond acceptors (Lipinski definition) is 1. The molecule has 0 aliphatic heterocycles. The zero-order valence-electron chi connectivity index (χ0n) is 8.66. The number of benzene rings is 1. The van der Waals surface area contributed by atoms with Gasteiger partial charge >= 0.3 is 5.97 Å². The molecule has 0 amide bonds. The number of aliphatic carboxylic acids is 1. The summed E-state index contributed by atoms with van der Waals surface area (Å²) >= 11 is 0. The fourth-order valence-corrected chi connectivity index (χ4v) is 2.26. The molecule has 0 fully saturated rings. The van der Waals surface area contributed by atoms with Crippen LogP contribution in [0.4, 0.5) is 0 Å². The normalized spacial score (nSPS) is 14.6. The standard InChI is InChI=1S/C13H11NO2/c15-13(16)8-5-6-12-10(7-8)9-3-1-2-4-11(9)14-12/h1-4,7,14H,5-6H2,(H,15,16). The number of para-hydroxylation sites is 1. The predicted molar refractivity (Wildman–Crippen MR) is 62.2 cm³/mol. The first-order valence-electron chi connectivity index (χ1n) is 5.29. The maximum absolute atomic E-state index is 10.9. The number of hydrogen-bond donors (Lipinski definition) is 2. The molecule has 0 atom stereocenters. The largest absolute Gasteiger partial charge is 0.478 e. The molecule has 3 heteroatoms. The molecular formula is C13H11NO2. The molecule has 0 bridgehead atoms. The molecule has 3 nitrogen and oxygen atoms in total. The van der Waals surface area contributed by atoms with Gasteiger partial charge in [0.1, 0.15) is 0 Å². The minimum absolute atomic E-state index is 0.497. The van der Waals surface area contributed by atoms with Gasteiger partial charge in [-0.1, -0.05) is 18.2 Å². The number of H-pyrrole nitrogens is 1. The molecule has 80 valence electrons. The lowest BCUT2D eigenvalue weighted by molar-refractivity contribution is -0.132. The van der Waals surface area contributed by atoms with Crippen LogP contribution in [-0.2, 0) is 11.2 Å². The smallest absolute Gasteiger partial charge is 0.331 e. The monoisotopic (exact) mass is 213 g/mol. The Bertz CT molecular complexity index is 607. The van der Waals surface area contributed by atoms with E-state index >= 15 is 0 Å². The summed E-state index contributed by atoms with van der Waals surface area (Å²) in [6.45, 7) is 0. The van der Waals surface area contributed by atoms with Crippen molar-refractivity contribution in [3.8, 4) is 0 Å². The zero-order valence-corrected chi connectivity index (χ0v) is 8.66. The van der Waals surface area contributed by atoms with Gasteiger partial charge in [-0.05, 0) is 25.0 Å². The summed E-state index contributed by atoms with van der Waals surface area (Å²) in [6.07, 6.45) is 3.18. The van der Waals surface area contributed by atoms with Gasteiger partial charge in [-0.25, -0.2) is 4.79 Å². The lowest BCUT2D eigenvalue weighted by Crippen LogP contribution is -2.06. The molecule has 0 unspecified atom stereocenters. The molecule has 0 saturated heterocycles. The quantitative estimate of drug-likeness (QED) is 0.765. The number of carboxylic acid groups (broad SMARTS) is 1. The number of aromatic amines is 1. The van der Waals surface area contributed by atoms with Crippen molar-refractivity contribution in [3.63, 3.8) is 0 Å². The van der Waals surface area contributed by atoms with Crippen molar-refractivity contribution >= 4 is 22.9 Å². The maximum atomic E-state index is 10.9. The number of aromatic nitrogens is 1. The highest BCUT2D eigenvalue weighted by Crippen LogP contribution is 2.30. The average molecular weight is 213 g/mol. The number of carbonyl (C=O) groups is 1. The highest BCUT2D eigenvalue weighted by atomic mass is 16.4. The topological polar surface area (TPSA) is 53.1 Å². The van der Waals surface area contributed by atoms with Gasteiger partial charge in [-0.3, -0.25) is 0 Å². The van der Waals surface area contributed by atoms with E-state index < -0.39 is 5.97 Å². The van der Waals surface area contributed by atoms with Crippen LogP contribution in [-0.4, -0.2) is 16.1 Å². The SMILES string of the molecule is O=C(O)C1=Cc2c([nH]c3ccccc23)CC1. The van der Waals surface area contributed by atoms with Gasteiger partial charge < -0.3 is 10.1 Å². The number of carboxylic acids is 1. The van der Waals surface area contributed by atoms with Gasteiger partial charge in [0.2, 0.25) is 0 Å². The number of rotatable bonds is 1. The Morgan fingerprint density at radius 3 is 2.88 bits per heavy atom.